The van der Waals surface area contributed by atoms with Crippen molar-refractivity contribution in [2.24, 2.45) is 0 Å². The SMILES string of the molecule is C[C@H](NC(=O)c1c(C(F)(F)F)nn2c1N([O-])CC2)c1ccc(C(=O)O)cc1. The third kappa shape index (κ3) is 3.45. The maximum absolute atomic E-state index is 13.2. The van der Waals surface area contributed by atoms with Crippen LogP contribution in [-0.4, -0.2) is 33.3 Å². The van der Waals surface area contributed by atoms with Gasteiger partial charge in [0, 0.05) is 6.54 Å². The van der Waals surface area contributed by atoms with Gasteiger partial charge in [-0.15, -0.1) is 0 Å². The number of carbonyl (C=O) groups excluding carboxylic acids is 1. The van der Waals surface area contributed by atoms with Crippen molar-refractivity contribution in [2.75, 3.05) is 11.6 Å². The third-order valence-electron chi connectivity index (χ3n) is 4.18. The minimum absolute atomic E-state index is 0.0353. The van der Waals surface area contributed by atoms with Crippen molar-refractivity contribution in [2.45, 2.75) is 25.7 Å². The fraction of sp³-hybridized carbons (Fsp3) is 0.312. The highest BCUT2D eigenvalue weighted by Gasteiger charge is 2.43. The van der Waals surface area contributed by atoms with Crippen LogP contribution in [0.4, 0.5) is 19.0 Å². The van der Waals surface area contributed by atoms with Crippen LogP contribution in [0.5, 0.6) is 0 Å². The van der Waals surface area contributed by atoms with Gasteiger partial charge in [-0.05, 0) is 24.6 Å². The molecule has 1 aromatic heterocycles. The van der Waals surface area contributed by atoms with Crippen molar-refractivity contribution < 1.29 is 27.9 Å². The van der Waals surface area contributed by atoms with E-state index in [4.69, 9.17) is 5.11 Å². The quantitative estimate of drug-likeness (QED) is 0.839. The van der Waals surface area contributed by atoms with Gasteiger partial charge < -0.3 is 20.7 Å². The van der Waals surface area contributed by atoms with Gasteiger partial charge in [0.25, 0.3) is 5.91 Å². The molecule has 0 saturated heterocycles. The second-order valence-electron chi connectivity index (χ2n) is 5.99. The molecular weight excluding hydrogens is 369 g/mol. The van der Waals surface area contributed by atoms with Crippen LogP contribution in [-0.2, 0) is 12.7 Å². The summed E-state index contributed by atoms with van der Waals surface area (Å²) < 4.78 is 40.6. The molecule has 11 heteroatoms. The van der Waals surface area contributed by atoms with E-state index in [1.165, 1.54) is 31.2 Å². The molecule has 0 spiro atoms. The molecule has 8 nitrogen and oxygen atoms in total. The molecule has 0 bridgehead atoms. The number of nitrogens with one attached hydrogen (secondary N) is 1. The second-order valence-corrected chi connectivity index (χ2v) is 5.99. The lowest BCUT2D eigenvalue weighted by molar-refractivity contribution is -0.141. The molecule has 1 amide bonds. The molecule has 144 valence electrons. The summed E-state index contributed by atoms with van der Waals surface area (Å²) >= 11 is 0. The highest BCUT2D eigenvalue weighted by Crippen LogP contribution is 2.37. The molecule has 27 heavy (non-hydrogen) atoms. The highest BCUT2D eigenvalue weighted by molar-refractivity contribution is 6.01. The summed E-state index contributed by atoms with van der Waals surface area (Å²) in [5, 5.41) is 26.8. The number of hydrogen-bond acceptors (Lipinski definition) is 5. The molecule has 2 aromatic rings. The first-order valence-corrected chi connectivity index (χ1v) is 7.86. The Hall–Kier alpha value is -3.08. The molecule has 0 aliphatic carbocycles. The number of anilines is 1. The zero-order valence-electron chi connectivity index (χ0n) is 13.9. The second kappa shape index (κ2) is 6.58. The average Bonchev–Trinajstić information content (AvgIpc) is 3.15. The van der Waals surface area contributed by atoms with Gasteiger partial charge in [-0.1, -0.05) is 12.1 Å². The summed E-state index contributed by atoms with van der Waals surface area (Å²) in [7, 11) is 0. The van der Waals surface area contributed by atoms with Gasteiger partial charge in [-0.3, -0.25) is 4.79 Å². The molecule has 1 atom stereocenters. The van der Waals surface area contributed by atoms with Crippen molar-refractivity contribution in [3.05, 3.63) is 51.9 Å². The van der Waals surface area contributed by atoms with E-state index in [2.05, 4.69) is 10.4 Å². The Balaban J connectivity index is 1.89. The summed E-state index contributed by atoms with van der Waals surface area (Å²) in [6.45, 7) is 1.40. The van der Waals surface area contributed by atoms with Gasteiger partial charge in [-0.25, -0.2) is 9.48 Å². The maximum atomic E-state index is 13.2. The van der Waals surface area contributed by atoms with Gasteiger partial charge in [0.2, 0.25) is 0 Å². The van der Waals surface area contributed by atoms with E-state index in [0.717, 1.165) is 4.68 Å². The van der Waals surface area contributed by atoms with Crippen LogP contribution in [0.25, 0.3) is 0 Å². The Kier molecular flexibility index (Phi) is 4.56. The first kappa shape index (κ1) is 18.7. The number of halogens is 3. The van der Waals surface area contributed by atoms with Crippen molar-refractivity contribution in [3.63, 3.8) is 0 Å². The molecule has 0 saturated carbocycles. The minimum atomic E-state index is -4.89. The highest BCUT2D eigenvalue weighted by atomic mass is 19.4. The Morgan fingerprint density at radius 2 is 1.89 bits per heavy atom. The van der Waals surface area contributed by atoms with E-state index in [9.17, 15) is 28.0 Å². The summed E-state index contributed by atoms with van der Waals surface area (Å²) in [6, 6.07) is 4.80. The predicted molar refractivity (Wildman–Crippen MR) is 87.2 cm³/mol. The Morgan fingerprint density at radius 1 is 1.26 bits per heavy atom. The third-order valence-corrected chi connectivity index (χ3v) is 4.18. The van der Waals surface area contributed by atoms with E-state index in [1.54, 1.807) is 0 Å². The van der Waals surface area contributed by atoms with E-state index >= 15 is 0 Å². The fourth-order valence-corrected chi connectivity index (χ4v) is 2.83. The number of aromatic carboxylic acids is 1. The number of hydrogen-bond donors (Lipinski definition) is 2. The van der Waals surface area contributed by atoms with Gasteiger partial charge >= 0.3 is 12.1 Å². The van der Waals surface area contributed by atoms with Crippen molar-refractivity contribution in [1.29, 1.82) is 0 Å². The minimum Gasteiger partial charge on any atom is -0.757 e. The van der Waals surface area contributed by atoms with Gasteiger partial charge in [0.05, 0.1) is 18.2 Å². The number of alkyl halides is 3. The van der Waals surface area contributed by atoms with E-state index in [1.807, 2.05) is 0 Å². The monoisotopic (exact) mass is 383 g/mol. The molecule has 2 heterocycles. The predicted octanol–water partition coefficient (Wildman–Crippen LogP) is 2.41. The van der Waals surface area contributed by atoms with E-state index < -0.39 is 41.2 Å². The van der Waals surface area contributed by atoms with E-state index in [0.29, 0.717) is 10.6 Å². The van der Waals surface area contributed by atoms with Crippen LogP contribution in [0.1, 0.15) is 44.9 Å². The van der Waals surface area contributed by atoms with Crippen molar-refractivity contribution >= 4 is 17.7 Å². The molecule has 0 radical (unpaired) electrons. The average molecular weight is 383 g/mol. The number of rotatable bonds is 4. The lowest BCUT2D eigenvalue weighted by atomic mass is 10.1. The Bertz CT molecular complexity index is 892. The standard InChI is InChI=1S/C16H14F3N4O4/c1-8(9-2-4-10(5-3-9)15(25)26)20-13(24)11-12(16(17,18)19)21-22-6-7-23(27)14(11)22/h2-5,8H,6-7H2,1H3,(H,20,24)(H,25,26)/q-1/t8-/m0/s1. The molecule has 3 rings (SSSR count). The van der Waals surface area contributed by atoms with Crippen LogP contribution in [0.15, 0.2) is 24.3 Å². The molecule has 2 N–H and O–H groups in total. The number of aromatic nitrogens is 2. The van der Waals surface area contributed by atoms with Crippen molar-refractivity contribution in [1.82, 2.24) is 15.1 Å². The van der Waals surface area contributed by atoms with Crippen LogP contribution in [0, 0.1) is 5.21 Å². The summed E-state index contributed by atoms with van der Waals surface area (Å²) in [4.78, 5) is 23.4. The van der Waals surface area contributed by atoms with Crippen LogP contribution < -0.4 is 10.4 Å². The zero-order chi connectivity index (χ0) is 19.9. The van der Waals surface area contributed by atoms with Crippen LogP contribution >= 0.6 is 0 Å². The number of carbonyl (C=O) groups is 2. The summed E-state index contributed by atoms with van der Waals surface area (Å²) in [5.74, 6) is -2.63. The number of nitrogens with zero attached hydrogens (tertiary/aromatic N) is 3. The Labute approximate surface area is 150 Å². The lowest BCUT2D eigenvalue weighted by Gasteiger charge is -2.24. The molecular formula is C16H14F3N4O4-. The number of carboxylic acid groups (broad SMARTS) is 1. The molecule has 1 aromatic carbocycles. The first-order chi connectivity index (χ1) is 12.6. The first-order valence-electron chi connectivity index (χ1n) is 7.86. The van der Waals surface area contributed by atoms with Gasteiger partial charge in [0.15, 0.2) is 5.69 Å². The van der Waals surface area contributed by atoms with Crippen LogP contribution in [0.3, 0.4) is 0 Å². The van der Waals surface area contributed by atoms with Crippen LogP contribution in [0.2, 0.25) is 0 Å². The fourth-order valence-electron chi connectivity index (χ4n) is 2.83. The van der Waals surface area contributed by atoms with Crippen molar-refractivity contribution in [3.8, 4) is 0 Å². The molecule has 0 fully saturated rings. The molecule has 0 unspecified atom stereocenters. The molecule has 1 aliphatic heterocycles. The number of hydroxylamine groups is 1. The number of carboxylic acids is 1. The smallest absolute Gasteiger partial charge is 0.436 e. The number of amides is 1. The Morgan fingerprint density at radius 3 is 2.44 bits per heavy atom. The lowest BCUT2D eigenvalue weighted by Crippen LogP contribution is -2.30. The maximum Gasteiger partial charge on any atom is 0.436 e. The normalized spacial score (nSPS) is 14.8. The zero-order valence-corrected chi connectivity index (χ0v) is 13.9. The summed E-state index contributed by atoms with van der Waals surface area (Å²) in [6.07, 6.45) is -4.89. The molecule has 1 aliphatic rings. The largest absolute Gasteiger partial charge is 0.757 e. The number of benzene rings is 1. The van der Waals surface area contributed by atoms with Gasteiger partial charge in [0.1, 0.15) is 11.4 Å². The summed E-state index contributed by atoms with van der Waals surface area (Å²) in [5.41, 5.74) is -1.70. The van der Waals surface area contributed by atoms with E-state index in [-0.39, 0.29) is 18.7 Å². The van der Waals surface area contributed by atoms with Gasteiger partial charge in [-0.2, -0.15) is 18.3 Å². The topological polar surface area (TPSA) is 111 Å². The number of fused-ring (bicyclic) bond motifs is 1.